The third-order valence-electron chi connectivity index (χ3n) is 3.66. The Balaban J connectivity index is 1.60. The summed E-state index contributed by atoms with van der Waals surface area (Å²) in [5.41, 5.74) is 1.66. The molecule has 6 heteroatoms. The minimum atomic E-state index is 0.00648. The Morgan fingerprint density at radius 1 is 1.21 bits per heavy atom. The molecule has 0 N–H and O–H groups in total. The number of halogens is 2. The molecule has 24 heavy (non-hydrogen) atoms. The van der Waals surface area contributed by atoms with E-state index in [1.165, 1.54) is 0 Å². The average Bonchev–Trinajstić information content (AvgIpc) is 2.88. The van der Waals surface area contributed by atoms with E-state index in [0.717, 1.165) is 11.0 Å². The summed E-state index contributed by atoms with van der Waals surface area (Å²) in [7, 11) is 0. The first-order chi connectivity index (χ1) is 11.6. The summed E-state index contributed by atoms with van der Waals surface area (Å²) < 4.78 is 7.27. The lowest BCUT2D eigenvalue weighted by Gasteiger charge is -2.09. The van der Waals surface area contributed by atoms with E-state index in [2.05, 4.69) is 4.98 Å². The van der Waals surface area contributed by atoms with Crippen molar-refractivity contribution in [3.63, 3.8) is 0 Å². The van der Waals surface area contributed by atoms with Crippen molar-refractivity contribution in [3.8, 4) is 5.75 Å². The van der Waals surface area contributed by atoms with Crippen LogP contribution in [0, 0.1) is 6.92 Å². The predicted octanol–water partition coefficient (Wildman–Crippen LogP) is 5.15. The number of aryl methyl sites for hydroxylation is 1. The van der Waals surface area contributed by atoms with Crippen molar-refractivity contribution in [3.05, 3.63) is 58.3 Å². The van der Waals surface area contributed by atoms with Crippen LogP contribution in [0.3, 0.4) is 0 Å². The van der Waals surface area contributed by atoms with E-state index in [1.54, 1.807) is 22.8 Å². The molecule has 4 nitrogen and oxygen atoms in total. The number of hydrogen-bond donors (Lipinski definition) is 0. The fraction of sp³-hybridized carbons (Fsp3) is 0.222. The monoisotopic (exact) mass is 362 g/mol. The molecule has 0 aliphatic carbocycles. The highest BCUT2D eigenvalue weighted by Crippen LogP contribution is 2.27. The summed E-state index contributed by atoms with van der Waals surface area (Å²) >= 11 is 11.9. The molecule has 1 aromatic heterocycles. The molecule has 0 atom stereocenters. The van der Waals surface area contributed by atoms with Crippen LogP contribution in [0.1, 0.15) is 23.5 Å². The van der Waals surface area contributed by atoms with Crippen LogP contribution < -0.4 is 4.74 Å². The zero-order valence-corrected chi connectivity index (χ0v) is 14.6. The van der Waals surface area contributed by atoms with E-state index < -0.39 is 0 Å². The van der Waals surface area contributed by atoms with Crippen LogP contribution in [0.15, 0.2) is 42.5 Å². The fourth-order valence-electron chi connectivity index (χ4n) is 2.57. The van der Waals surface area contributed by atoms with Crippen LogP contribution >= 0.6 is 23.2 Å². The number of imidazole rings is 1. The van der Waals surface area contributed by atoms with E-state index in [1.807, 2.05) is 31.2 Å². The maximum Gasteiger partial charge on any atom is 0.232 e. The molecule has 0 radical (unpaired) electrons. The second kappa shape index (κ2) is 7.24. The highest BCUT2D eigenvalue weighted by molar-refractivity contribution is 6.35. The summed E-state index contributed by atoms with van der Waals surface area (Å²) in [6.45, 7) is 2.24. The van der Waals surface area contributed by atoms with Gasteiger partial charge in [0.25, 0.3) is 0 Å². The molecule has 0 spiro atoms. The first-order valence-corrected chi connectivity index (χ1v) is 8.37. The number of carbonyl (C=O) groups is 1. The zero-order valence-electron chi connectivity index (χ0n) is 13.1. The van der Waals surface area contributed by atoms with Gasteiger partial charge in [0, 0.05) is 11.4 Å². The minimum absolute atomic E-state index is 0.00648. The van der Waals surface area contributed by atoms with Crippen LogP contribution in [-0.2, 0) is 0 Å². The molecule has 0 saturated carbocycles. The lowest BCUT2D eigenvalue weighted by molar-refractivity contribution is 0.0895. The van der Waals surface area contributed by atoms with Gasteiger partial charge < -0.3 is 4.74 Å². The SMILES string of the molecule is Cc1nc2ccccc2n1C(=O)CCCOc1ccc(Cl)cc1Cl. The van der Waals surface area contributed by atoms with Gasteiger partial charge in [-0.05, 0) is 43.7 Å². The molecule has 0 fully saturated rings. The molecule has 0 saturated heterocycles. The lowest BCUT2D eigenvalue weighted by atomic mass is 10.2. The van der Waals surface area contributed by atoms with Crippen LogP contribution in [0.5, 0.6) is 5.75 Å². The Kier molecular flexibility index (Phi) is 5.07. The number of fused-ring (bicyclic) bond motifs is 1. The second-order valence-corrected chi connectivity index (χ2v) is 6.25. The topological polar surface area (TPSA) is 44.1 Å². The van der Waals surface area contributed by atoms with Gasteiger partial charge in [0.1, 0.15) is 11.6 Å². The van der Waals surface area contributed by atoms with Gasteiger partial charge in [-0.1, -0.05) is 35.3 Å². The van der Waals surface area contributed by atoms with Gasteiger partial charge >= 0.3 is 0 Å². The number of hydrogen-bond acceptors (Lipinski definition) is 3. The molecule has 0 aliphatic rings. The summed E-state index contributed by atoms with van der Waals surface area (Å²) in [6, 6.07) is 12.7. The number of rotatable bonds is 5. The van der Waals surface area contributed by atoms with Crippen LogP contribution in [0.2, 0.25) is 10.0 Å². The molecule has 3 rings (SSSR count). The van der Waals surface area contributed by atoms with Crippen molar-refractivity contribution >= 4 is 40.1 Å². The van der Waals surface area contributed by atoms with Crippen LogP contribution in [0.4, 0.5) is 0 Å². The van der Waals surface area contributed by atoms with Gasteiger partial charge in [0.15, 0.2) is 0 Å². The molecule has 0 aliphatic heterocycles. The standard InChI is InChI=1S/C18H16Cl2N2O2/c1-12-21-15-5-2-3-6-16(15)22(12)18(23)7-4-10-24-17-9-8-13(19)11-14(17)20/h2-3,5-6,8-9,11H,4,7,10H2,1H3. The highest BCUT2D eigenvalue weighted by Gasteiger charge is 2.13. The normalized spacial score (nSPS) is 11.0. The molecule has 0 bridgehead atoms. The maximum absolute atomic E-state index is 12.5. The van der Waals surface area contributed by atoms with Crippen molar-refractivity contribution in [2.24, 2.45) is 0 Å². The smallest absolute Gasteiger partial charge is 0.232 e. The Morgan fingerprint density at radius 2 is 2.00 bits per heavy atom. The molecule has 124 valence electrons. The van der Waals surface area contributed by atoms with Crippen molar-refractivity contribution in [2.75, 3.05) is 6.61 Å². The number of aromatic nitrogens is 2. The Labute approximate surface area is 150 Å². The second-order valence-electron chi connectivity index (χ2n) is 5.40. The van der Waals surface area contributed by atoms with Crippen molar-refractivity contribution in [2.45, 2.75) is 19.8 Å². The molecule has 1 heterocycles. The Bertz CT molecular complexity index is 890. The average molecular weight is 363 g/mol. The predicted molar refractivity (Wildman–Crippen MR) is 96.3 cm³/mol. The van der Waals surface area contributed by atoms with Gasteiger partial charge in [-0.3, -0.25) is 9.36 Å². The number of nitrogens with zero attached hydrogens (tertiary/aromatic N) is 2. The van der Waals surface area contributed by atoms with E-state index >= 15 is 0 Å². The van der Waals surface area contributed by atoms with Gasteiger partial charge in [0.05, 0.1) is 22.7 Å². The molecule has 0 amide bonds. The maximum atomic E-state index is 12.5. The van der Waals surface area contributed by atoms with E-state index in [4.69, 9.17) is 27.9 Å². The van der Waals surface area contributed by atoms with Gasteiger partial charge in [-0.2, -0.15) is 0 Å². The Hall–Kier alpha value is -2.04. The van der Waals surface area contributed by atoms with E-state index in [0.29, 0.717) is 41.1 Å². The fourth-order valence-corrected chi connectivity index (χ4v) is 3.03. The van der Waals surface area contributed by atoms with Crippen LogP contribution in [0.25, 0.3) is 11.0 Å². The molecule has 3 aromatic rings. The largest absolute Gasteiger partial charge is 0.492 e. The first-order valence-electron chi connectivity index (χ1n) is 7.61. The van der Waals surface area contributed by atoms with E-state index in [-0.39, 0.29) is 5.91 Å². The van der Waals surface area contributed by atoms with Crippen molar-refractivity contribution in [1.82, 2.24) is 9.55 Å². The molecular formula is C18H16Cl2N2O2. The summed E-state index contributed by atoms with van der Waals surface area (Å²) in [6.07, 6.45) is 0.955. The van der Waals surface area contributed by atoms with E-state index in [9.17, 15) is 4.79 Å². The molecule has 0 unspecified atom stereocenters. The number of ether oxygens (including phenoxy) is 1. The third-order valence-corrected chi connectivity index (χ3v) is 4.19. The van der Waals surface area contributed by atoms with Gasteiger partial charge in [-0.25, -0.2) is 4.98 Å². The van der Waals surface area contributed by atoms with Crippen molar-refractivity contribution < 1.29 is 9.53 Å². The van der Waals surface area contributed by atoms with Gasteiger partial charge in [-0.15, -0.1) is 0 Å². The minimum Gasteiger partial charge on any atom is -0.492 e. The van der Waals surface area contributed by atoms with Gasteiger partial charge in [0.2, 0.25) is 5.91 Å². The quantitative estimate of drug-likeness (QED) is 0.589. The number of para-hydroxylation sites is 2. The first kappa shape index (κ1) is 16.8. The number of carbonyl (C=O) groups excluding carboxylic acids is 1. The summed E-state index contributed by atoms with van der Waals surface area (Å²) in [5, 5.41) is 1.02. The third kappa shape index (κ3) is 3.55. The zero-order chi connectivity index (χ0) is 17.1. The molecule has 2 aromatic carbocycles. The summed E-state index contributed by atoms with van der Waals surface area (Å²) in [5.74, 6) is 1.27. The summed E-state index contributed by atoms with van der Waals surface area (Å²) in [4.78, 5) is 16.9. The molecular weight excluding hydrogens is 347 g/mol. The van der Waals surface area contributed by atoms with Crippen LogP contribution in [-0.4, -0.2) is 22.1 Å². The number of benzene rings is 2. The van der Waals surface area contributed by atoms with Crippen molar-refractivity contribution in [1.29, 1.82) is 0 Å². The Morgan fingerprint density at radius 3 is 2.79 bits per heavy atom. The highest BCUT2D eigenvalue weighted by atomic mass is 35.5. The lowest BCUT2D eigenvalue weighted by Crippen LogP contribution is -2.13.